The van der Waals surface area contributed by atoms with Gasteiger partial charge in [0.1, 0.15) is 6.04 Å². The smallest absolute Gasteiger partial charge is 0.266 e. The molecule has 0 spiro atoms. The molecule has 4 rings (SSSR count). The maximum absolute atomic E-state index is 13.2. The fraction of sp³-hybridized carbons (Fsp3) is 0.304. The Morgan fingerprint density at radius 3 is 2.69 bits per heavy atom. The molecule has 0 saturated carbocycles. The van der Waals surface area contributed by atoms with Crippen molar-refractivity contribution in [2.75, 3.05) is 6.54 Å². The number of amides is 1. The molecule has 1 aliphatic rings. The van der Waals surface area contributed by atoms with Crippen LogP contribution in [0, 0.1) is 13.8 Å². The van der Waals surface area contributed by atoms with Gasteiger partial charge in [-0.15, -0.1) is 6.58 Å². The highest BCUT2D eigenvalue weighted by Gasteiger charge is 2.39. The molecule has 6 nitrogen and oxygen atoms in total. The number of carbonyl (C=O) groups excluding carboxylic acids is 1. The van der Waals surface area contributed by atoms with E-state index in [1.165, 1.54) is 39.9 Å². The van der Waals surface area contributed by atoms with Crippen LogP contribution in [0.1, 0.15) is 24.0 Å². The minimum absolute atomic E-state index is 0.122. The number of aryl methyl sites for hydroxylation is 2. The second-order valence-corrected chi connectivity index (χ2v) is 11.2. The van der Waals surface area contributed by atoms with Gasteiger partial charge in [-0.1, -0.05) is 35.1 Å². The van der Waals surface area contributed by atoms with Gasteiger partial charge in [-0.3, -0.25) is 4.79 Å². The van der Waals surface area contributed by atoms with Crippen LogP contribution in [0.25, 0.3) is 10.2 Å². The Hall–Kier alpha value is -2.26. The van der Waals surface area contributed by atoms with E-state index in [1.807, 2.05) is 18.4 Å². The van der Waals surface area contributed by atoms with Crippen LogP contribution in [0.5, 0.6) is 0 Å². The highest BCUT2D eigenvalue weighted by atomic mass is 35.5. The molecule has 1 atom stereocenters. The summed E-state index contributed by atoms with van der Waals surface area (Å²) in [6.07, 6.45) is 2.82. The summed E-state index contributed by atoms with van der Waals surface area (Å²) < 4.78 is 30.6. The molecule has 32 heavy (non-hydrogen) atoms. The third-order valence-corrected chi connectivity index (χ3v) is 8.94. The molecule has 0 radical (unpaired) electrons. The molecule has 1 saturated heterocycles. The third-order valence-electron chi connectivity index (χ3n) is 5.54. The average Bonchev–Trinajstić information content (AvgIpc) is 3.36. The minimum Gasteiger partial charge on any atom is -0.312 e. The Kier molecular flexibility index (Phi) is 6.40. The Morgan fingerprint density at radius 1 is 1.28 bits per heavy atom. The van der Waals surface area contributed by atoms with Gasteiger partial charge in [0.25, 0.3) is 5.91 Å². The number of fused-ring (bicyclic) bond motifs is 1. The Bertz CT molecular complexity index is 1370. The lowest BCUT2D eigenvalue weighted by molar-refractivity contribution is -0.121. The van der Waals surface area contributed by atoms with E-state index in [9.17, 15) is 13.2 Å². The van der Waals surface area contributed by atoms with Gasteiger partial charge < -0.3 is 4.57 Å². The topological polar surface area (TPSA) is 71.7 Å². The van der Waals surface area contributed by atoms with Crippen molar-refractivity contribution in [1.82, 2.24) is 8.87 Å². The fourth-order valence-corrected chi connectivity index (χ4v) is 6.96. The third kappa shape index (κ3) is 4.20. The molecule has 9 heteroatoms. The highest BCUT2D eigenvalue weighted by Crippen LogP contribution is 2.28. The summed E-state index contributed by atoms with van der Waals surface area (Å²) in [6, 6.07) is 9.34. The molecule has 0 aliphatic carbocycles. The van der Waals surface area contributed by atoms with Crippen LogP contribution in [-0.4, -0.2) is 35.8 Å². The van der Waals surface area contributed by atoms with E-state index in [0.717, 1.165) is 21.3 Å². The molecule has 168 valence electrons. The molecule has 2 heterocycles. The lowest BCUT2D eigenvalue weighted by Gasteiger charge is -2.21. The van der Waals surface area contributed by atoms with E-state index in [0.29, 0.717) is 29.2 Å². The van der Waals surface area contributed by atoms with E-state index in [2.05, 4.69) is 23.7 Å². The van der Waals surface area contributed by atoms with Crippen molar-refractivity contribution in [2.24, 2.45) is 4.99 Å². The summed E-state index contributed by atoms with van der Waals surface area (Å²) in [7, 11) is -3.82. The maximum Gasteiger partial charge on any atom is 0.266 e. The molecular formula is C23H24ClN3O3S2. The van der Waals surface area contributed by atoms with Crippen LogP contribution < -0.4 is 4.80 Å². The van der Waals surface area contributed by atoms with Gasteiger partial charge in [0.05, 0.1) is 15.1 Å². The zero-order valence-corrected chi connectivity index (χ0v) is 20.3. The second-order valence-electron chi connectivity index (χ2n) is 7.89. The van der Waals surface area contributed by atoms with E-state index in [1.54, 1.807) is 6.08 Å². The average molecular weight is 490 g/mol. The van der Waals surface area contributed by atoms with Gasteiger partial charge in [0, 0.05) is 18.1 Å². The summed E-state index contributed by atoms with van der Waals surface area (Å²) in [5.41, 5.74) is 3.24. The van der Waals surface area contributed by atoms with Crippen molar-refractivity contribution in [3.05, 3.63) is 70.0 Å². The van der Waals surface area contributed by atoms with Crippen molar-refractivity contribution in [1.29, 1.82) is 0 Å². The fourth-order valence-electron chi connectivity index (χ4n) is 4.09. The molecule has 1 unspecified atom stereocenters. The first-order chi connectivity index (χ1) is 15.2. The first-order valence-electron chi connectivity index (χ1n) is 10.3. The SMILES string of the molecule is C=CCn1c(=NC(=O)C2CCCN2S(=O)(=O)c2ccc(Cl)cc2)sc2c(C)cc(C)cc21. The number of allylic oxidation sites excluding steroid dienone is 1. The number of benzene rings is 2. The summed E-state index contributed by atoms with van der Waals surface area (Å²) in [6.45, 7) is 8.69. The van der Waals surface area contributed by atoms with Crippen LogP contribution >= 0.6 is 22.9 Å². The molecule has 0 bridgehead atoms. The summed E-state index contributed by atoms with van der Waals surface area (Å²) in [5, 5.41) is 0.454. The quantitative estimate of drug-likeness (QED) is 0.497. The number of aromatic nitrogens is 1. The van der Waals surface area contributed by atoms with Crippen molar-refractivity contribution in [3.63, 3.8) is 0 Å². The number of hydrogen-bond donors (Lipinski definition) is 0. The largest absolute Gasteiger partial charge is 0.312 e. The minimum atomic E-state index is -3.82. The number of rotatable bonds is 5. The first kappa shape index (κ1) is 22.9. The first-order valence-corrected chi connectivity index (χ1v) is 12.9. The molecule has 1 aliphatic heterocycles. The van der Waals surface area contributed by atoms with Crippen LogP contribution in [0.2, 0.25) is 5.02 Å². The van der Waals surface area contributed by atoms with Crippen molar-refractivity contribution in [3.8, 4) is 0 Å². The number of nitrogens with zero attached hydrogens (tertiary/aromatic N) is 3. The van der Waals surface area contributed by atoms with Gasteiger partial charge in [-0.25, -0.2) is 8.42 Å². The van der Waals surface area contributed by atoms with Crippen LogP contribution in [-0.2, 0) is 21.4 Å². The van der Waals surface area contributed by atoms with E-state index < -0.39 is 22.0 Å². The number of sulfonamides is 1. The normalized spacial score (nSPS) is 17.8. The number of hydrogen-bond acceptors (Lipinski definition) is 4. The van der Waals surface area contributed by atoms with E-state index in [-0.39, 0.29) is 11.4 Å². The highest BCUT2D eigenvalue weighted by molar-refractivity contribution is 7.89. The number of carbonyl (C=O) groups is 1. The van der Waals surface area contributed by atoms with Crippen molar-refractivity contribution < 1.29 is 13.2 Å². The van der Waals surface area contributed by atoms with Gasteiger partial charge >= 0.3 is 0 Å². The van der Waals surface area contributed by atoms with Crippen LogP contribution in [0.3, 0.4) is 0 Å². The molecule has 2 aromatic carbocycles. The van der Waals surface area contributed by atoms with Gasteiger partial charge in [-0.2, -0.15) is 9.30 Å². The molecule has 0 N–H and O–H groups in total. The Balaban J connectivity index is 1.75. The van der Waals surface area contributed by atoms with Crippen LogP contribution in [0.15, 0.2) is 58.9 Å². The Morgan fingerprint density at radius 2 is 2.00 bits per heavy atom. The zero-order valence-electron chi connectivity index (χ0n) is 17.9. The number of halogens is 1. The van der Waals surface area contributed by atoms with Gasteiger partial charge in [-0.05, 0) is 68.1 Å². The predicted octanol–water partition coefficient (Wildman–Crippen LogP) is 4.44. The van der Waals surface area contributed by atoms with E-state index in [4.69, 9.17) is 11.6 Å². The van der Waals surface area contributed by atoms with Crippen LogP contribution in [0.4, 0.5) is 0 Å². The van der Waals surface area contributed by atoms with Crippen molar-refractivity contribution in [2.45, 2.75) is 44.2 Å². The second kappa shape index (κ2) is 8.94. The zero-order chi connectivity index (χ0) is 23.0. The Labute approximate surface area is 196 Å². The molecular weight excluding hydrogens is 466 g/mol. The predicted molar refractivity (Wildman–Crippen MR) is 128 cm³/mol. The lowest BCUT2D eigenvalue weighted by atomic mass is 10.1. The van der Waals surface area contributed by atoms with Gasteiger partial charge in [0.15, 0.2) is 4.80 Å². The van der Waals surface area contributed by atoms with E-state index >= 15 is 0 Å². The monoisotopic (exact) mass is 489 g/mol. The summed E-state index contributed by atoms with van der Waals surface area (Å²) in [4.78, 5) is 18.3. The summed E-state index contributed by atoms with van der Waals surface area (Å²) in [5.74, 6) is -0.446. The molecule has 1 aromatic heterocycles. The molecule has 3 aromatic rings. The maximum atomic E-state index is 13.2. The number of thiazole rings is 1. The summed E-state index contributed by atoms with van der Waals surface area (Å²) >= 11 is 7.34. The van der Waals surface area contributed by atoms with Crippen molar-refractivity contribution >= 4 is 49.1 Å². The molecule has 1 fully saturated rings. The lowest BCUT2D eigenvalue weighted by Crippen LogP contribution is -2.40. The standard InChI is InChI=1S/C23H24ClN3O3S2/c1-4-11-26-20-14-15(2)13-16(3)21(20)31-23(26)25-22(28)19-6-5-12-27(19)32(29,30)18-9-7-17(24)8-10-18/h4,7-10,13-14,19H,1,5-6,11-12H2,2-3H3. The van der Waals surface area contributed by atoms with Gasteiger partial charge in [0.2, 0.25) is 10.0 Å². The molecule has 1 amide bonds.